The van der Waals surface area contributed by atoms with Crippen molar-refractivity contribution in [2.24, 2.45) is 0 Å². The number of unbranched alkanes of at least 4 members (excludes halogenated alkanes) is 1. The first-order valence-electron chi connectivity index (χ1n) is 5.47. The van der Waals surface area contributed by atoms with Crippen molar-refractivity contribution in [1.29, 1.82) is 0 Å². The number of hydrogen-bond acceptors (Lipinski definition) is 0. The van der Waals surface area contributed by atoms with Gasteiger partial charge in [-0.1, -0.05) is 49.8 Å². The van der Waals surface area contributed by atoms with Crippen LogP contribution in [-0.4, -0.2) is 0 Å². The highest BCUT2D eigenvalue weighted by Gasteiger charge is 1.95. The molecule has 0 radical (unpaired) electrons. The molecular weight excluding hydrogens is 168 g/mol. The molecule has 0 spiro atoms. The summed E-state index contributed by atoms with van der Waals surface area (Å²) in [5, 5.41) is 0. The summed E-state index contributed by atoms with van der Waals surface area (Å²) in [5.74, 6) is 0. The van der Waals surface area contributed by atoms with Crippen molar-refractivity contribution < 1.29 is 0 Å². The Balaban J connectivity index is 0.000000791. The average Bonchev–Trinajstić information content (AvgIpc) is 2.24. The highest BCUT2D eigenvalue weighted by molar-refractivity contribution is 5.34. The first-order valence-corrected chi connectivity index (χ1v) is 5.47. The van der Waals surface area contributed by atoms with Gasteiger partial charge >= 0.3 is 0 Å². The van der Waals surface area contributed by atoms with Crippen LogP contribution in [0, 0.1) is 0 Å². The van der Waals surface area contributed by atoms with Crippen LogP contribution < -0.4 is 0 Å². The maximum absolute atomic E-state index is 3.70. The van der Waals surface area contributed by atoms with Gasteiger partial charge < -0.3 is 0 Å². The molecule has 78 valence electrons. The summed E-state index contributed by atoms with van der Waals surface area (Å²) in [6.45, 7) is 9.83. The van der Waals surface area contributed by atoms with E-state index in [-0.39, 0.29) is 0 Å². The van der Waals surface area contributed by atoms with Gasteiger partial charge in [0.25, 0.3) is 0 Å². The fourth-order valence-corrected chi connectivity index (χ4v) is 1.19. The van der Waals surface area contributed by atoms with E-state index in [1.807, 2.05) is 19.9 Å². The van der Waals surface area contributed by atoms with E-state index < -0.39 is 0 Å². The normalized spacial score (nSPS) is 17.1. The molecule has 1 rings (SSSR count). The molecule has 0 aliphatic heterocycles. The monoisotopic (exact) mass is 190 g/mol. The Morgan fingerprint density at radius 3 is 2.50 bits per heavy atom. The van der Waals surface area contributed by atoms with E-state index in [0.717, 1.165) is 19.3 Å². The highest BCUT2D eigenvalue weighted by atomic mass is 14.0. The lowest BCUT2D eigenvalue weighted by Crippen LogP contribution is -1.84. The van der Waals surface area contributed by atoms with E-state index in [2.05, 4.69) is 37.8 Å². The van der Waals surface area contributed by atoms with Gasteiger partial charge in [-0.2, -0.15) is 0 Å². The summed E-state index contributed by atoms with van der Waals surface area (Å²) in [4.78, 5) is 0. The Hall–Kier alpha value is -1.04. The molecule has 0 N–H and O–H groups in total. The van der Waals surface area contributed by atoms with Gasteiger partial charge in [0.2, 0.25) is 0 Å². The molecule has 0 aromatic carbocycles. The van der Waals surface area contributed by atoms with Crippen molar-refractivity contribution in [3.63, 3.8) is 0 Å². The fourth-order valence-electron chi connectivity index (χ4n) is 1.19. The Labute approximate surface area is 88.7 Å². The number of allylic oxidation sites excluding steroid dienone is 7. The highest BCUT2D eigenvalue weighted by Crippen LogP contribution is 2.15. The maximum Gasteiger partial charge on any atom is -0.00949 e. The summed E-state index contributed by atoms with van der Waals surface area (Å²) in [5.41, 5.74) is 2.80. The van der Waals surface area contributed by atoms with Crippen LogP contribution in [0.2, 0.25) is 0 Å². The molecule has 0 nitrogen and oxygen atoms in total. The molecule has 0 atom stereocenters. The van der Waals surface area contributed by atoms with E-state index in [1.165, 1.54) is 11.1 Å². The molecule has 0 heterocycles. The molecule has 0 bridgehead atoms. The van der Waals surface area contributed by atoms with E-state index in [9.17, 15) is 0 Å². The van der Waals surface area contributed by atoms with Crippen molar-refractivity contribution in [2.75, 3.05) is 0 Å². The Morgan fingerprint density at radius 1 is 1.29 bits per heavy atom. The minimum Gasteiger partial charge on any atom is -0.103 e. The van der Waals surface area contributed by atoms with Gasteiger partial charge in [-0.3, -0.25) is 0 Å². The largest absolute Gasteiger partial charge is 0.103 e. The van der Waals surface area contributed by atoms with E-state index >= 15 is 0 Å². The molecule has 0 aromatic heterocycles. The molecule has 0 aromatic rings. The maximum atomic E-state index is 3.70. The Morgan fingerprint density at radius 2 is 2.00 bits per heavy atom. The van der Waals surface area contributed by atoms with Crippen LogP contribution in [-0.2, 0) is 0 Å². The standard InChI is InChI=1S/C12H16.C2H6/c1-3-4-5-6-12-9-7-11(2)8-10-12;1-2/h3,6-9H,1,4-5,10H2,2H3;1-2H3/b12-6-;. The van der Waals surface area contributed by atoms with E-state index in [0.29, 0.717) is 0 Å². The summed E-state index contributed by atoms with van der Waals surface area (Å²) >= 11 is 0. The zero-order chi connectivity index (χ0) is 10.8. The quantitative estimate of drug-likeness (QED) is 0.442. The van der Waals surface area contributed by atoms with Crippen molar-refractivity contribution in [1.82, 2.24) is 0 Å². The Bertz CT molecular complexity index is 239. The van der Waals surface area contributed by atoms with E-state index in [1.54, 1.807) is 0 Å². The van der Waals surface area contributed by atoms with Crippen molar-refractivity contribution in [3.8, 4) is 0 Å². The summed E-state index contributed by atoms with van der Waals surface area (Å²) in [7, 11) is 0. The van der Waals surface area contributed by atoms with Crippen LogP contribution >= 0.6 is 0 Å². The predicted octanol–water partition coefficient (Wildman–Crippen LogP) is 4.81. The van der Waals surface area contributed by atoms with Crippen molar-refractivity contribution >= 4 is 0 Å². The van der Waals surface area contributed by atoms with Crippen LogP contribution in [0.5, 0.6) is 0 Å². The number of hydrogen-bond donors (Lipinski definition) is 0. The zero-order valence-corrected chi connectivity index (χ0v) is 9.72. The summed E-state index contributed by atoms with van der Waals surface area (Å²) < 4.78 is 0. The first kappa shape index (κ1) is 13.0. The molecule has 0 amide bonds. The topological polar surface area (TPSA) is 0 Å². The second-order valence-electron chi connectivity index (χ2n) is 3.13. The molecule has 14 heavy (non-hydrogen) atoms. The van der Waals surface area contributed by atoms with Gasteiger partial charge in [0.1, 0.15) is 0 Å². The third kappa shape index (κ3) is 5.58. The molecule has 0 saturated carbocycles. The molecule has 1 aliphatic rings. The second kappa shape index (κ2) is 8.55. The van der Waals surface area contributed by atoms with Crippen LogP contribution in [0.3, 0.4) is 0 Å². The van der Waals surface area contributed by atoms with Gasteiger partial charge in [0, 0.05) is 0 Å². The molecule has 0 saturated heterocycles. The number of rotatable bonds is 3. The first-order chi connectivity index (χ1) is 6.83. The third-order valence-electron chi connectivity index (χ3n) is 2.00. The predicted molar refractivity (Wildman–Crippen MR) is 66.4 cm³/mol. The second-order valence-corrected chi connectivity index (χ2v) is 3.13. The van der Waals surface area contributed by atoms with Gasteiger partial charge in [-0.05, 0) is 31.8 Å². The molecule has 0 fully saturated rings. The van der Waals surface area contributed by atoms with Crippen LogP contribution in [0.4, 0.5) is 0 Å². The minimum absolute atomic E-state index is 1.08. The smallest absolute Gasteiger partial charge is 0.00949 e. The van der Waals surface area contributed by atoms with Crippen LogP contribution in [0.1, 0.15) is 40.0 Å². The summed E-state index contributed by atoms with van der Waals surface area (Å²) in [6, 6.07) is 0. The van der Waals surface area contributed by atoms with Gasteiger partial charge in [-0.15, -0.1) is 6.58 Å². The average molecular weight is 190 g/mol. The molecule has 0 heteroatoms. The van der Waals surface area contributed by atoms with Crippen LogP contribution in [0.15, 0.2) is 48.1 Å². The summed E-state index contributed by atoms with van der Waals surface area (Å²) in [6.07, 6.45) is 14.2. The molecular formula is C14H22. The fraction of sp³-hybridized carbons (Fsp3) is 0.429. The SMILES string of the molecule is C=CCC/C=C1/C=CC(C)=CC1.CC. The minimum atomic E-state index is 1.08. The van der Waals surface area contributed by atoms with Gasteiger partial charge in [-0.25, -0.2) is 0 Å². The molecule has 1 aliphatic carbocycles. The lowest BCUT2D eigenvalue weighted by Gasteiger charge is -2.04. The Kier molecular flexibility index (Phi) is 7.92. The van der Waals surface area contributed by atoms with Crippen molar-refractivity contribution in [3.05, 3.63) is 48.1 Å². The van der Waals surface area contributed by atoms with Gasteiger partial charge in [0.15, 0.2) is 0 Å². The lowest BCUT2D eigenvalue weighted by atomic mass is 10.0. The molecule has 0 unspecified atom stereocenters. The zero-order valence-electron chi connectivity index (χ0n) is 9.72. The van der Waals surface area contributed by atoms with Gasteiger partial charge in [0.05, 0.1) is 0 Å². The van der Waals surface area contributed by atoms with Crippen LogP contribution in [0.25, 0.3) is 0 Å². The lowest BCUT2D eigenvalue weighted by molar-refractivity contribution is 1.03. The third-order valence-corrected chi connectivity index (χ3v) is 2.00. The van der Waals surface area contributed by atoms with E-state index in [4.69, 9.17) is 0 Å². The van der Waals surface area contributed by atoms with Crippen molar-refractivity contribution in [2.45, 2.75) is 40.0 Å².